The third kappa shape index (κ3) is 18.2. The fourth-order valence-corrected chi connectivity index (χ4v) is 4.73. The summed E-state index contributed by atoms with van der Waals surface area (Å²) in [6.07, 6.45) is 19.0. The van der Waals surface area contributed by atoms with Crippen molar-refractivity contribution in [2.24, 2.45) is 0 Å². The van der Waals surface area contributed by atoms with E-state index in [-0.39, 0.29) is 12.5 Å². The van der Waals surface area contributed by atoms with Crippen LogP contribution in [-0.4, -0.2) is 63.7 Å². The Morgan fingerprint density at radius 1 is 0.771 bits per heavy atom. The average molecular weight is 503 g/mol. The zero-order valence-electron chi connectivity index (χ0n) is 22.2. The van der Waals surface area contributed by atoms with Gasteiger partial charge in [0.05, 0.1) is 24.7 Å². The number of hydrogen-bond acceptors (Lipinski definition) is 6. The number of carbonyl (C=O) groups is 1. The lowest BCUT2D eigenvalue weighted by Crippen LogP contribution is -2.47. The highest BCUT2D eigenvalue weighted by Gasteiger charge is 2.34. The van der Waals surface area contributed by atoms with Gasteiger partial charge in [-0.2, -0.15) is 0 Å². The van der Waals surface area contributed by atoms with Crippen LogP contribution in [0.5, 0.6) is 0 Å². The largest absolute Gasteiger partial charge is 0.481 e. The molecule has 0 bridgehead atoms. The van der Waals surface area contributed by atoms with Crippen LogP contribution < -0.4 is 0 Å². The summed E-state index contributed by atoms with van der Waals surface area (Å²) in [4.78, 5) is 10.5. The Hall–Kier alpha value is -0.730. The molecule has 0 radical (unpaired) electrons. The number of ether oxygens (including phenoxy) is 2. The molecule has 0 saturated carbocycles. The molecule has 5 atom stereocenters. The summed E-state index contributed by atoms with van der Waals surface area (Å²) in [7, 11) is 0. The van der Waals surface area contributed by atoms with E-state index in [1.807, 2.05) is 6.92 Å². The molecule has 0 aliphatic carbocycles. The molecule has 1 fully saturated rings. The van der Waals surface area contributed by atoms with Crippen molar-refractivity contribution in [3.05, 3.63) is 0 Å². The highest BCUT2D eigenvalue weighted by atomic mass is 16.7. The molecular weight excluding hydrogens is 448 g/mol. The monoisotopic (exact) mass is 502 g/mol. The molecule has 0 amide bonds. The van der Waals surface area contributed by atoms with E-state index in [9.17, 15) is 20.1 Å². The Kier molecular flexibility index (Phi) is 19.7. The zero-order valence-corrected chi connectivity index (χ0v) is 22.2. The van der Waals surface area contributed by atoms with E-state index < -0.39 is 30.6 Å². The van der Waals surface area contributed by atoms with Gasteiger partial charge < -0.3 is 29.9 Å². The van der Waals surface area contributed by atoms with Gasteiger partial charge in [-0.15, -0.1) is 0 Å². The maximum absolute atomic E-state index is 10.5. The smallest absolute Gasteiger partial charge is 0.305 e. The molecular formula is C28H54O7. The van der Waals surface area contributed by atoms with Crippen molar-refractivity contribution in [1.29, 1.82) is 0 Å². The minimum atomic E-state index is -0.919. The van der Waals surface area contributed by atoms with E-state index in [2.05, 4.69) is 0 Å². The molecule has 4 N–H and O–H groups in total. The standard InChI is InChI=1S/C28H54O7/c1-23-25(30)22-26(31)28(35-23)34-20-18-16-14-12-10-8-6-4-2-3-5-7-9-11-13-15-17-19-24(29)21-27(32)33/h23-26,28-31H,2-22H2,1H3,(H,32,33). The van der Waals surface area contributed by atoms with E-state index in [0.717, 1.165) is 25.7 Å². The first-order valence-electron chi connectivity index (χ1n) is 14.4. The van der Waals surface area contributed by atoms with Gasteiger partial charge >= 0.3 is 5.97 Å². The molecule has 1 aliphatic rings. The lowest BCUT2D eigenvalue weighted by Gasteiger charge is -2.35. The Bertz CT molecular complexity index is 502. The Labute approximate surface area is 213 Å². The van der Waals surface area contributed by atoms with Crippen molar-refractivity contribution in [2.45, 2.75) is 166 Å². The average Bonchev–Trinajstić information content (AvgIpc) is 2.80. The van der Waals surface area contributed by atoms with Crippen LogP contribution >= 0.6 is 0 Å². The van der Waals surface area contributed by atoms with Crippen molar-refractivity contribution < 1.29 is 34.7 Å². The van der Waals surface area contributed by atoms with Crippen molar-refractivity contribution >= 4 is 5.97 Å². The van der Waals surface area contributed by atoms with Gasteiger partial charge in [-0.1, -0.05) is 103 Å². The van der Waals surface area contributed by atoms with Crippen LogP contribution in [0, 0.1) is 0 Å². The topological polar surface area (TPSA) is 116 Å². The van der Waals surface area contributed by atoms with Gasteiger partial charge in [0.25, 0.3) is 0 Å². The minimum Gasteiger partial charge on any atom is -0.481 e. The molecule has 1 heterocycles. The van der Waals surface area contributed by atoms with Gasteiger partial charge in [0.1, 0.15) is 6.10 Å². The summed E-state index contributed by atoms with van der Waals surface area (Å²) in [6, 6.07) is 0. The van der Waals surface area contributed by atoms with Crippen LogP contribution in [-0.2, 0) is 14.3 Å². The van der Waals surface area contributed by atoms with Crippen LogP contribution in [0.1, 0.15) is 135 Å². The third-order valence-electron chi connectivity index (χ3n) is 7.06. The summed E-state index contributed by atoms with van der Waals surface area (Å²) >= 11 is 0. The first kappa shape index (κ1) is 32.3. The van der Waals surface area contributed by atoms with Crippen molar-refractivity contribution in [3.8, 4) is 0 Å². The molecule has 7 nitrogen and oxygen atoms in total. The number of aliphatic hydroxyl groups is 3. The number of aliphatic carboxylic acids is 1. The summed E-state index contributed by atoms with van der Waals surface area (Å²) in [5, 5.41) is 37.7. The van der Waals surface area contributed by atoms with Crippen molar-refractivity contribution in [3.63, 3.8) is 0 Å². The molecule has 0 aromatic rings. The second-order valence-corrected chi connectivity index (χ2v) is 10.5. The summed E-state index contributed by atoms with van der Waals surface area (Å²) < 4.78 is 11.2. The van der Waals surface area contributed by atoms with Crippen LogP contribution in [0.4, 0.5) is 0 Å². The Morgan fingerprint density at radius 2 is 1.20 bits per heavy atom. The van der Waals surface area contributed by atoms with Gasteiger partial charge in [-0.25, -0.2) is 0 Å². The van der Waals surface area contributed by atoms with Crippen molar-refractivity contribution in [1.82, 2.24) is 0 Å². The second kappa shape index (κ2) is 21.4. The van der Waals surface area contributed by atoms with E-state index in [1.54, 1.807) is 0 Å². The van der Waals surface area contributed by atoms with Gasteiger partial charge in [-0.3, -0.25) is 4.79 Å². The fourth-order valence-electron chi connectivity index (χ4n) is 4.73. The Balaban J connectivity index is 1.73. The van der Waals surface area contributed by atoms with Crippen LogP contribution in [0.3, 0.4) is 0 Å². The zero-order chi connectivity index (χ0) is 25.7. The minimum absolute atomic E-state index is 0.132. The van der Waals surface area contributed by atoms with E-state index >= 15 is 0 Å². The second-order valence-electron chi connectivity index (χ2n) is 10.5. The maximum Gasteiger partial charge on any atom is 0.305 e. The van der Waals surface area contributed by atoms with Gasteiger partial charge in [-0.05, 0) is 19.8 Å². The summed E-state index contributed by atoms with van der Waals surface area (Å²) in [5.74, 6) is -0.919. The number of aliphatic hydroxyl groups excluding tert-OH is 3. The molecule has 35 heavy (non-hydrogen) atoms. The first-order chi connectivity index (χ1) is 16.9. The SMILES string of the molecule is CC1OC(OCCCCCCCCCCCCCCCCCCCC(O)CC(=O)O)C(O)CC1O. The third-order valence-corrected chi connectivity index (χ3v) is 7.06. The highest BCUT2D eigenvalue weighted by molar-refractivity contribution is 5.67. The predicted octanol–water partition coefficient (Wildman–Crippen LogP) is 5.72. The molecule has 0 aromatic carbocycles. The molecule has 1 rings (SSSR count). The van der Waals surface area contributed by atoms with Gasteiger partial charge in [0, 0.05) is 13.0 Å². The number of carboxylic acid groups (broad SMARTS) is 1. The first-order valence-corrected chi connectivity index (χ1v) is 14.4. The summed E-state index contributed by atoms with van der Waals surface area (Å²) in [5.41, 5.74) is 0. The Morgan fingerprint density at radius 3 is 1.66 bits per heavy atom. The molecule has 1 saturated heterocycles. The van der Waals surface area contributed by atoms with E-state index in [0.29, 0.717) is 19.4 Å². The van der Waals surface area contributed by atoms with E-state index in [4.69, 9.17) is 14.6 Å². The predicted molar refractivity (Wildman–Crippen MR) is 138 cm³/mol. The lowest BCUT2D eigenvalue weighted by atomic mass is 10.0. The number of carboxylic acids is 1. The lowest BCUT2D eigenvalue weighted by molar-refractivity contribution is -0.261. The van der Waals surface area contributed by atoms with Crippen LogP contribution in [0.25, 0.3) is 0 Å². The van der Waals surface area contributed by atoms with Gasteiger partial charge in [0.15, 0.2) is 6.29 Å². The van der Waals surface area contributed by atoms with Crippen LogP contribution in [0.15, 0.2) is 0 Å². The van der Waals surface area contributed by atoms with Crippen molar-refractivity contribution in [2.75, 3.05) is 6.61 Å². The highest BCUT2D eigenvalue weighted by Crippen LogP contribution is 2.21. The van der Waals surface area contributed by atoms with E-state index in [1.165, 1.54) is 83.5 Å². The molecule has 5 unspecified atom stereocenters. The number of hydrogen-bond donors (Lipinski definition) is 4. The molecule has 7 heteroatoms. The fraction of sp³-hybridized carbons (Fsp3) is 0.964. The molecule has 208 valence electrons. The summed E-state index contributed by atoms with van der Waals surface area (Å²) in [6.45, 7) is 2.41. The maximum atomic E-state index is 10.5. The molecule has 1 aliphatic heterocycles. The molecule has 0 spiro atoms. The van der Waals surface area contributed by atoms with Gasteiger partial charge in [0.2, 0.25) is 0 Å². The number of unbranched alkanes of at least 4 members (excludes halogenated alkanes) is 16. The van der Waals surface area contributed by atoms with Crippen LogP contribution in [0.2, 0.25) is 0 Å². The quantitative estimate of drug-likeness (QED) is 0.132. The normalized spacial score (nSPS) is 23.4. The molecule has 0 aromatic heterocycles. The number of rotatable bonds is 23.